The molecular formula is C16H24N2O2. The maximum absolute atomic E-state index is 12.0. The molecule has 0 aromatic rings. The third-order valence-electron chi connectivity index (χ3n) is 4.98. The zero-order chi connectivity index (χ0) is 14.1. The van der Waals surface area contributed by atoms with Gasteiger partial charge in [-0.2, -0.15) is 0 Å². The second-order valence-corrected chi connectivity index (χ2v) is 6.09. The van der Waals surface area contributed by atoms with Crippen LogP contribution in [0.4, 0.5) is 0 Å². The number of epoxide rings is 1. The van der Waals surface area contributed by atoms with Crippen LogP contribution < -0.4 is 0 Å². The number of nitrogens with zero attached hydrogens (tertiary/aromatic N) is 2. The molecule has 0 radical (unpaired) electrons. The van der Waals surface area contributed by atoms with E-state index in [1.54, 1.807) is 11.1 Å². The fourth-order valence-electron chi connectivity index (χ4n) is 3.68. The van der Waals surface area contributed by atoms with Gasteiger partial charge >= 0.3 is 0 Å². The van der Waals surface area contributed by atoms with E-state index in [0.29, 0.717) is 12.0 Å². The van der Waals surface area contributed by atoms with Crippen LogP contribution in [0.5, 0.6) is 0 Å². The molecular weight excluding hydrogens is 252 g/mol. The molecule has 3 aliphatic rings. The van der Waals surface area contributed by atoms with Crippen LogP contribution in [-0.2, 0) is 9.53 Å². The molecule has 3 aliphatic heterocycles. The first kappa shape index (κ1) is 13.7. The molecule has 3 saturated heterocycles. The number of carbonyl (C=O) groups is 1. The summed E-state index contributed by atoms with van der Waals surface area (Å²) in [5.74, 6) is 1.16. The van der Waals surface area contributed by atoms with Crippen LogP contribution in [-0.4, -0.2) is 41.1 Å². The summed E-state index contributed by atoms with van der Waals surface area (Å²) >= 11 is 0. The van der Waals surface area contributed by atoms with Gasteiger partial charge in [0.15, 0.2) is 6.23 Å². The van der Waals surface area contributed by atoms with E-state index in [4.69, 9.17) is 4.74 Å². The maximum Gasteiger partial charge on any atom is 0.229 e. The predicted octanol–water partition coefficient (Wildman–Crippen LogP) is 2.34. The van der Waals surface area contributed by atoms with Crippen LogP contribution in [0.3, 0.4) is 0 Å². The standard InChI is InChI=1S/C16H24N2O2/c1-3-17-10-9-13(15(17)19)7-5-6-12-8-11-18(4-2)16-14(12)20-16/h3-4,12-14,16H,1-2,5-11H2. The van der Waals surface area contributed by atoms with E-state index < -0.39 is 0 Å². The lowest BCUT2D eigenvalue weighted by Crippen LogP contribution is -2.33. The van der Waals surface area contributed by atoms with Gasteiger partial charge in [-0.15, -0.1) is 0 Å². The van der Waals surface area contributed by atoms with E-state index >= 15 is 0 Å². The Balaban J connectivity index is 1.40. The lowest BCUT2D eigenvalue weighted by molar-refractivity contribution is -0.129. The molecule has 4 unspecified atom stereocenters. The number of ether oxygens (including phenoxy) is 1. The normalized spacial score (nSPS) is 35.9. The van der Waals surface area contributed by atoms with Gasteiger partial charge in [-0.1, -0.05) is 19.6 Å². The van der Waals surface area contributed by atoms with Gasteiger partial charge in [0.2, 0.25) is 5.91 Å². The van der Waals surface area contributed by atoms with E-state index in [1.807, 2.05) is 6.20 Å². The SMILES string of the molecule is C=CN1CCC(CCCC2CCN(C=C)C3OC23)C1=O. The average molecular weight is 276 g/mol. The van der Waals surface area contributed by atoms with Crippen molar-refractivity contribution in [2.24, 2.45) is 11.8 Å². The molecule has 110 valence electrons. The minimum Gasteiger partial charge on any atom is -0.351 e. The molecule has 0 aromatic carbocycles. The van der Waals surface area contributed by atoms with E-state index in [1.165, 1.54) is 12.8 Å². The van der Waals surface area contributed by atoms with Gasteiger partial charge in [-0.25, -0.2) is 0 Å². The highest BCUT2D eigenvalue weighted by atomic mass is 16.6. The molecule has 20 heavy (non-hydrogen) atoms. The molecule has 3 heterocycles. The van der Waals surface area contributed by atoms with Gasteiger partial charge in [0.1, 0.15) is 6.10 Å². The summed E-state index contributed by atoms with van der Waals surface area (Å²) in [7, 11) is 0. The number of hydrogen-bond donors (Lipinski definition) is 0. The predicted molar refractivity (Wildman–Crippen MR) is 77.5 cm³/mol. The molecule has 4 heteroatoms. The third-order valence-corrected chi connectivity index (χ3v) is 4.98. The lowest BCUT2D eigenvalue weighted by atomic mass is 9.89. The highest BCUT2D eigenvalue weighted by molar-refractivity contribution is 5.81. The Bertz CT molecular complexity index is 409. The Morgan fingerprint density at radius 1 is 1.20 bits per heavy atom. The van der Waals surface area contributed by atoms with Gasteiger partial charge in [0.05, 0.1) is 0 Å². The van der Waals surface area contributed by atoms with E-state index in [0.717, 1.165) is 32.4 Å². The minimum absolute atomic E-state index is 0.220. The van der Waals surface area contributed by atoms with Gasteiger partial charge in [0.25, 0.3) is 0 Å². The maximum atomic E-state index is 12.0. The molecule has 0 aromatic heterocycles. The Kier molecular flexibility index (Phi) is 3.83. The Morgan fingerprint density at radius 3 is 2.75 bits per heavy atom. The zero-order valence-electron chi connectivity index (χ0n) is 12.0. The quantitative estimate of drug-likeness (QED) is 0.699. The summed E-state index contributed by atoms with van der Waals surface area (Å²) in [6, 6.07) is 0. The van der Waals surface area contributed by atoms with E-state index in [-0.39, 0.29) is 18.1 Å². The summed E-state index contributed by atoms with van der Waals surface area (Å²) in [5.41, 5.74) is 0. The number of rotatable bonds is 6. The molecule has 0 N–H and O–H groups in total. The zero-order valence-corrected chi connectivity index (χ0v) is 12.0. The van der Waals surface area contributed by atoms with Crippen molar-refractivity contribution in [3.63, 3.8) is 0 Å². The van der Waals surface area contributed by atoms with Crippen LogP contribution in [0.25, 0.3) is 0 Å². The van der Waals surface area contributed by atoms with Crippen LogP contribution in [0.1, 0.15) is 32.1 Å². The number of likely N-dealkylation sites (tertiary alicyclic amines) is 2. The fourth-order valence-corrected chi connectivity index (χ4v) is 3.68. The molecule has 1 amide bonds. The highest BCUT2D eigenvalue weighted by Crippen LogP contribution is 2.41. The van der Waals surface area contributed by atoms with E-state index in [9.17, 15) is 4.79 Å². The van der Waals surface area contributed by atoms with Gasteiger partial charge in [-0.3, -0.25) is 4.79 Å². The van der Waals surface area contributed by atoms with Crippen LogP contribution >= 0.6 is 0 Å². The van der Waals surface area contributed by atoms with Crippen molar-refractivity contribution >= 4 is 5.91 Å². The molecule has 0 bridgehead atoms. The van der Waals surface area contributed by atoms with Crippen molar-refractivity contribution in [2.45, 2.75) is 44.4 Å². The van der Waals surface area contributed by atoms with Crippen molar-refractivity contribution in [3.8, 4) is 0 Å². The van der Waals surface area contributed by atoms with Crippen LogP contribution in [0.2, 0.25) is 0 Å². The van der Waals surface area contributed by atoms with Crippen molar-refractivity contribution in [1.29, 1.82) is 0 Å². The minimum atomic E-state index is 0.220. The summed E-state index contributed by atoms with van der Waals surface area (Å²) in [6.07, 6.45) is 9.75. The van der Waals surface area contributed by atoms with Crippen molar-refractivity contribution in [1.82, 2.24) is 9.80 Å². The lowest BCUT2D eigenvalue weighted by Gasteiger charge is -2.26. The van der Waals surface area contributed by atoms with Gasteiger partial charge in [0, 0.05) is 19.0 Å². The molecule has 3 fully saturated rings. The van der Waals surface area contributed by atoms with Crippen LogP contribution in [0.15, 0.2) is 25.6 Å². The van der Waals surface area contributed by atoms with Crippen molar-refractivity contribution < 1.29 is 9.53 Å². The Morgan fingerprint density at radius 2 is 2.05 bits per heavy atom. The number of amides is 1. The summed E-state index contributed by atoms with van der Waals surface area (Å²) in [5, 5.41) is 0. The third kappa shape index (κ3) is 2.49. The molecule has 4 atom stereocenters. The number of carbonyl (C=O) groups excluding carboxylic acids is 1. The smallest absolute Gasteiger partial charge is 0.229 e. The number of piperidine rings is 1. The molecule has 4 nitrogen and oxygen atoms in total. The Hall–Kier alpha value is -1.29. The fraction of sp³-hybridized carbons (Fsp3) is 0.688. The van der Waals surface area contributed by atoms with E-state index in [2.05, 4.69) is 18.1 Å². The first-order valence-electron chi connectivity index (χ1n) is 7.71. The Labute approximate surface area is 121 Å². The van der Waals surface area contributed by atoms with Crippen molar-refractivity contribution in [2.75, 3.05) is 13.1 Å². The second-order valence-electron chi connectivity index (χ2n) is 6.09. The molecule has 0 saturated carbocycles. The highest BCUT2D eigenvalue weighted by Gasteiger charge is 2.50. The molecule has 0 spiro atoms. The van der Waals surface area contributed by atoms with Crippen LogP contribution in [0, 0.1) is 11.8 Å². The van der Waals surface area contributed by atoms with Gasteiger partial charge < -0.3 is 14.5 Å². The summed E-state index contributed by atoms with van der Waals surface area (Å²) < 4.78 is 5.74. The monoisotopic (exact) mass is 276 g/mol. The van der Waals surface area contributed by atoms with Gasteiger partial charge in [-0.05, 0) is 44.0 Å². The summed E-state index contributed by atoms with van der Waals surface area (Å²) in [4.78, 5) is 15.9. The van der Waals surface area contributed by atoms with Crippen molar-refractivity contribution in [3.05, 3.63) is 25.6 Å². The molecule has 0 aliphatic carbocycles. The second kappa shape index (κ2) is 5.60. The average Bonchev–Trinajstić information content (AvgIpc) is 3.19. The topological polar surface area (TPSA) is 36.1 Å². The first-order valence-corrected chi connectivity index (χ1v) is 7.71. The number of fused-ring (bicyclic) bond motifs is 1. The number of hydrogen-bond acceptors (Lipinski definition) is 3. The summed E-state index contributed by atoms with van der Waals surface area (Å²) in [6.45, 7) is 9.41. The first-order chi connectivity index (χ1) is 9.74. The molecule has 3 rings (SSSR count). The largest absolute Gasteiger partial charge is 0.351 e.